The Balaban J connectivity index is 1.97. The fraction of sp³-hybridized carbons (Fsp3) is 0.647. The molecule has 1 atom stereocenters. The van der Waals surface area contributed by atoms with Crippen LogP contribution in [0.15, 0.2) is 18.2 Å². The summed E-state index contributed by atoms with van der Waals surface area (Å²) < 4.78 is 0. The molecule has 1 aromatic rings. The SMILES string of the molecule is Cc1cc(C)cc(CC(CNC2CC2)C(C)C)c1. The van der Waals surface area contributed by atoms with Crippen molar-refractivity contribution in [1.29, 1.82) is 0 Å². The molecule has 0 spiro atoms. The maximum Gasteiger partial charge on any atom is 0.00683 e. The monoisotopic (exact) mass is 245 g/mol. The third kappa shape index (κ3) is 4.13. The fourth-order valence-corrected chi connectivity index (χ4v) is 2.64. The van der Waals surface area contributed by atoms with Gasteiger partial charge in [-0.15, -0.1) is 0 Å². The van der Waals surface area contributed by atoms with Crippen LogP contribution in [0.4, 0.5) is 0 Å². The van der Waals surface area contributed by atoms with Gasteiger partial charge in [-0.2, -0.15) is 0 Å². The zero-order valence-electron chi connectivity index (χ0n) is 12.3. The summed E-state index contributed by atoms with van der Waals surface area (Å²) in [6.07, 6.45) is 3.97. The Bertz CT molecular complexity index is 370. The van der Waals surface area contributed by atoms with Gasteiger partial charge in [-0.3, -0.25) is 0 Å². The zero-order valence-corrected chi connectivity index (χ0v) is 12.3. The van der Waals surface area contributed by atoms with Crippen LogP contribution in [-0.2, 0) is 6.42 Å². The van der Waals surface area contributed by atoms with Crippen LogP contribution in [0.3, 0.4) is 0 Å². The van der Waals surface area contributed by atoms with Crippen LogP contribution < -0.4 is 5.32 Å². The van der Waals surface area contributed by atoms with Gasteiger partial charge in [0.15, 0.2) is 0 Å². The molecule has 1 unspecified atom stereocenters. The number of nitrogens with one attached hydrogen (secondary N) is 1. The Morgan fingerprint density at radius 3 is 2.22 bits per heavy atom. The maximum absolute atomic E-state index is 3.69. The molecule has 100 valence electrons. The van der Waals surface area contributed by atoms with Gasteiger partial charge in [-0.1, -0.05) is 43.2 Å². The van der Waals surface area contributed by atoms with E-state index >= 15 is 0 Å². The lowest BCUT2D eigenvalue weighted by molar-refractivity contribution is 0.359. The minimum absolute atomic E-state index is 0.747. The molecule has 1 aliphatic carbocycles. The average Bonchev–Trinajstić information content (AvgIpc) is 3.06. The first-order chi connectivity index (χ1) is 8.54. The van der Waals surface area contributed by atoms with E-state index in [1.807, 2.05) is 0 Å². The summed E-state index contributed by atoms with van der Waals surface area (Å²) in [7, 11) is 0. The lowest BCUT2D eigenvalue weighted by atomic mass is 9.88. The molecule has 0 aliphatic heterocycles. The largest absolute Gasteiger partial charge is 0.314 e. The Morgan fingerprint density at radius 1 is 1.11 bits per heavy atom. The Morgan fingerprint density at radius 2 is 1.72 bits per heavy atom. The molecule has 1 aliphatic rings. The van der Waals surface area contributed by atoms with Crippen molar-refractivity contribution in [2.24, 2.45) is 11.8 Å². The highest BCUT2D eigenvalue weighted by Gasteiger charge is 2.23. The topological polar surface area (TPSA) is 12.0 Å². The molecule has 0 bridgehead atoms. The number of aryl methyl sites for hydroxylation is 2. The summed E-state index contributed by atoms with van der Waals surface area (Å²) in [5.41, 5.74) is 4.29. The third-order valence-corrected chi connectivity index (χ3v) is 3.97. The minimum Gasteiger partial charge on any atom is -0.314 e. The zero-order chi connectivity index (χ0) is 13.1. The number of hydrogen-bond donors (Lipinski definition) is 1. The molecule has 1 nitrogen and oxygen atoms in total. The molecule has 1 saturated carbocycles. The van der Waals surface area contributed by atoms with Crippen LogP contribution in [0.2, 0.25) is 0 Å². The molecular formula is C17H27N. The highest BCUT2D eigenvalue weighted by atomic mass is 14.9. The van der Waals surface area contributed by atoms with Crippen LogP contribution in [0, 0.1) is 25.7 Å². The standard InChI is InChI=1S/C17H27N/c1-12(2)16(11-18-17-5-6-17)10-15-8-13(3)7-14(4)9-15/h7-9,12,16-18H,5-6,10-11H2,1-4H3. The van der Waals surface area contributed by atoms with Crippen LogP contribution in [0.5, 0.6) is 0 Å². The van der Waals surface area contributed by atoms with Crippen molar-refractivity contribution >= 4 is 0 Å². The van der Waals surface area contributed by atoms with Gasteiger partial charge in [0.1, 0.15) is 0 Å². The summed E-state index contributed by atoms with van der Waals surface area (Å²) in [5, 5.41) is 3.69. The molecule has 1 fully saturated rings. The van der Waals surface area contributed by atoms with E-state index in [0.717, 1.165) is 17.9 Å². The number of benzene rings is 1. The van der Waals surface area contributed by atoms with Crippen LogP contribution in [0.1, 0.15) is 43.4 Å². The maximum atomic E-state index is 3.69. The second kappa shape index (κ2) is 5.88. The van der Waals surface area contributed by atoms with E-state index in [1.54, 1.807) is 0 Å². The van der Waals surface area contributed by atoms with Gasteiger partial charge in [0, 0.05) is 6.04 Å². The van der Waals surface area contributed by atoms with E-state index in [9.17, 15) is 0 Å². The Kier molecular flexibility index (Phi) is 4.45. The van der Waals surface area contributed by atoms with Crippen molar-refractivity contribution in [2.75, 3.05) is 6.54 Å². The van der Waals surface area contributed by atoms with Gasteiger partial charge in [-0.25, -0.2) is 0 Å². The second-order valence-corrected chi connectivity index (χ2v) is 6.39. The molecule has 2 rings (SSSR count). The van der Waals surface area contributed by atoms with Gasteiger partial charge in [-0.05, 0) is 57.1 Å². The summed E-state index contributed by atoms with van der Waals surface area (Å²) in [6.45, 7) is 10.3. The van der Waals surface area contributed by atoms with Crippen LogP contribution in [-0.4, -0.2) is 12.6 Å². The van der Waals surface area contributed by atoms with Gasteiger partial charge >= 0.3 is 0 Å². The van der Waals surface area contributed by atoms with Crippen molar-refractivity contribution in [3.8, 4) is 0 Å². The quantitative estimate of drug-likeness (QED) is 0.802. The summed E-state index contributed by atoms with van der Waals surface area (Å²) in [5.74, 6) is 1.50. The molecule has 18 heavy (non-hydrogen) atoms. The van der Waals surface area contributed by atoms with Crippen LogP contribution >= 0.6 is 0 Å². The molecule has 1 heteroatoms. The predicted octanol–water partition coefficient (Wildman–Crippen LogP) is 3.87. The first-order valence-electron chi connectivity index (χ1n) is 7.35. The molecule has 1 aromatic carbocycles. The van der Waals surface area contributed by atoms with E-state index in [-0.39, 0.29) is 0 Å². The molecule has 1 N–H and O–H groups in total. The van der Waals surface area contributed by atoms with Gasteiger partial charge in [0.05, 0.1) is 0 Å². The molecular weight excluding hydrogens is 218 g/mol. The van der Waals surface area contributed by atoms with E-state index in [0.29, 0.717) is 0 Å². The van der Waals surface area contributed by atoms with E-state index in [4.69, 9.17) is 0 Å². The molecule has 0 heterocycles. The lowest BCUT2D eigenvalue weighted by Crippen LogP contribution is -2.29. The fourth-order valence-electron chi connectivity index (χ4n) is 2.64. The summed E-state index contributed by atoms with van der Waals surface area (Å²) in [6, 6.07) is 7.78. The normalized spacial score (nSPS) is 17.2. The van der Waals surface area contributed by atoms with Crippen LogP contribution in [0.25, 0.3) is 0 Å². The summed E-state index contributed by atoms with van der Waals surface area (Å²) >= 11 is 0. The molecule has 0 saturated heterocycles. The minimum atomic E-state index is 0.747. The van der Waals surface area contributed by atoms with E-state index in [2.05, 4.69) is 51.2 Å². The van der Waals surface area contributed by atoms with Crippen molar-refractivity contribution in [2.45, 2.75) is 53.0 Å². The number of rotatable bonds is 6. The predicted molar refractivity (Wildman–Crippen MR) is 79.0 cm³/mol. The smallest absolute Gasteiger partial charge is 0.00683 e. The molecule has 0 amide bonds. The highest BCUT2D eigenvalue weighted by molar-refractivity contribution is 5.28. The Hall–Kier alpha value is -0.820. The van der Waals surface area contributed by atoms with Gasteiger partial charge < -0.3 is 5.32 Å². The average molecular weight is 245 g/mol. The van der Waals surface area contributed by atoms with E-state index < -0.39 is 0 Å². The molecule has 0 radical (unpaired) electrons. The third-order valence-electron chi connectivity index (χ3n) is 3.97. The Labute approximate surface area is 112 Å². The van der Waals surface area contributed by atoms with Gasteiger partial charge in [0.2, 0.25) is 0 Å². The van der Waals surface area contributed by atoms with Crippen molar-refractivity contribution < 1.29 is 0 Å². The van der Waals surface area contributed by atoms with Crippen molar-refractivity contribution in [3.63, 3.8) is 0 Å². The number of hydrogen-bond acceptors (Lipinski definition) is 1. The first-order valence-corrected chi connectivity index (χ1v) is 7.35. The highest BCUT2D eigenvalue weighted by Crippen LogP contribution is 2.22. The first kappa shape index (κ1) is 13.6. The van der Waals surface area contributed by atoms with Crippen molar-refractivity contribution in [3.05, 3.63) is 34.9 Å². The lowest BCUT2D eigenvalue weighted by Gasteiger charge is -2.22. The van der Waals surface area contributed by atoms with Gasteiger partial charge in [0.25, 0.3) is 0 Å². The van der Waals surface area contributed by atoms with E-state index in [1.165, 1.54) is 42.5 Å². The van der Waals surface area contributed by atoms with Crippen molar-refractivity contribution in [1.82, 2.24) is 5.32 Å². The second-order valence-electron chi connectivity index (χ2n) is 6.39. The molecule has 0 aromatic heterocycles. The summed E-state index contributed by atoms with van der Waals surface area (Å²) in [4.78, 5) is 0.